The molecule has 0 saturated heterocycles. The number of nitrogens with one attached hydrogen (secondary N) is 1. The van der Waals surface area contributed by atoms with Crippen molar-refractivity contribution in [2.45, 2.75) is 47.2 Å². The van der Waals surface area contributed by atoms with Crippen LogP contribution in [0.5, 0.6) is 0 Å². The summed E-state index contributed by atoms with van der Waals surface area (Å²) >= 11 is 1.82. The lowest BCUT2D eigenvalue weighted by Gasteiger charge is -2.11. The van der Waals surface area contributed by atoms with Gasteiger partial charge in [0.05, 0.1) is 12.2 Å². The van der Waals surface area contributed by atoms with Gasteiger partial charge in [0.15, 0.2) is 0 Å². The van der Waals surface area contributed by atoms with Gasteiger partial charge in [0.1, 0.15) is 0 Å². The zero-order chi connectivity index (χ0) is 13.8. The van der Waals surface area contributed by atoms with Crippen molar-refractivity contribution >= 4 is 17.3 Å². The van der Waals surface area contributed by atoms with Crippen LogP contribution in [0.2, 0.25) is 0 Å². The van der Waals surface area contributed by atoms with Crippen molar-refractivity contribution in [3.63, 3.8) is 0 Å². The van der Waals surface area contributed by atoms with Gasteiger partial charge in [-0.25, -0.2) is 4.98 Å². The largest absolute Gasteiger partial charge is 0.351 e. The molecule has 0 aliphatic carbocycles. The third kappa shape index (κ3) is 3.60. The Morgan fingerprint density at radius 2 is 2.21 bits per heavy atom. The van der Waals surface area contributed by atoms with Crippen LogP contribution in [-0.4, -0.2) is 9.55 Å². The molecule has 2 rings (SSSR count). The topological polar surface area (TPSA) is 29.9 Å². The zero-order valence-corrected chi connectivity index (χ0v) is 13.0. The highest BCUT2D eigenvalue weighted by molar-refractivity contribution is 7.10. The molecule has 0 spiro atoms. The van der Waals surface area contributed by atoms with Crippen LogP contribution in [0, 0.1) is 12.8 Å². The summed E-state index contributed by atoms with van der Waals surface area (Å²) in [7, 11) is 0. The third-order valence-electron chi connectivity index (χ3n) is 3.08. The molecule has 0 amide bonds. The molecule has 104 valence electrons. The van der Waals surface area contributed by atoms with E-state index in [1.54, 1.807) is 0 Å². The third-order valence-corrected chi connectivity index (χ3v) is 4.05. The van der Waals surface area contributed by atoms with Gasteiger partial charge in [0, 0.05) is 17.6 Å². The first kappa shape index (κ1) is 14.1. The molecule has 0 aromatic carbocycles. The highest BCUT2D eigenvalue weighted by Gasteiger charge is 2.08. The fourth-order valence-electron chi connectivity index (χ4n) is 2.22. The van der Waals surface area contributed by atoms with Crippen LogP contribution in [0.15, 0.2) is 17.6 Å². The Kier molecular flexibility index (Phi) is 4.64. The predicted molar refractivity (Wildman–Crippen MR) is 82.8 cm³/mol. The molecule has 0 fully saturated rings. The summed E-state index contributed by atoms with van der Waals surface area (Å²) in [6.45, 7) is 10.6. The monoisotopic (exact) mass is 277 g/mol. The molecule has 0 bridgehead atoms. The number of rotatable bonds is 6. The van der Waals surface area contributed by atoms with E-state index >= 15 is 0 Å². The van der Waals surface area contributed by atoms with Gasteiger partial charge in [-0.15, -0.1) is 11.3 Å². The molecule has 4 heteroatoms. The lowest BCUT2D eigenvalue weighted by Crippen LogP contribution is -2.10. The van der Waals surface area contributed by atoms with Gasteiger partial charge in [0.25, 0.3) is 0 Å². The van der Waals surface area contributed by atoms with Crippen molar-refractivity contribution < 1.29 is 0 Å². The normalized spacial score (nSPS) is 11.2. The number of hydrogen-bond donors (Lipinski definition) is 1. The summed E-state index contributed by atoms with van der Waals surface area (Å²) in [4.78, 5) is 5.99. The summed E-state index contributed by atoms with van der Waals surface area (Å²) in [6, 6.07) is 2.22. The number of nitrogens with zero attached hydrogens (tertiary/aromatic N) is 2. The Morgan fingerprint density at radius 1 is 1.42 bits per heavy atom. The summed E-state index contributed by atoms with van der Waals surface area (Å²) in [5, 5.41) is 5.65. The molecular formula is C15H23N3S. The molecule has 1 N–H and O–H groups in total. The highest BCUT2D eigenvalue weighted by atomic mass is 32.1. The zero-order valence-electron chi connectivity index (χ0n) is 12.2. The van der Waals surface area contributed by atoms with Crippen molar-refractivity contribution in [2.24, 2.45) is 5.92 Å². The van der Waals surface area contributed by atoms with Crippen molar-refractivity contribution in [1.82, 2.24) is 9.55 Å². The Hall–Kier alpha value is -1.29. The minimum absolute atomic E-state index is 0.627. The van der Waals surface area contributed by atoms with Crippen LogP contribution in [0.25, 0.3) is 0 Å². The van der Waals surface area contributed by atoms with Crippen molar-refractivity contribution in [3.8, 4) is 0 Å². The fourth-order valence-corrected chi connectivity index (χ4v) is 3.13. The number of anilines is 1. The molecular weight excluding hydrogens is 254 g/mol. The maximum Gasteiger partial charge on any atom is 0.203 e. The van der Waals surface area contributed by atoms with Gasteiger partial charge in [-0.1, -0.05) is 20.8 Å². The first-order valence-electron chi connectivity index (χ1n) is 6.93. The van der Waals surface area contributed by atoms with E-state index in [4.69, 9.17) is 0 Å². The number of hydrogen-bond acceptors (Lipinski definition) is 3. The molecule has 2 aromatic rings. The quantitative estimate of drug-likeness (QED) is 0.862. The van der Waals surface area contributed by atoms with Gasteiger partial charge in [-0.2, -0.15) is 0 Å². The first-order valence-corrected chi connectivity index (χ1v) is 7.81. The molecule has 0 unspecified atom stereocenters. The summed E-state index contributed by atoms with van der Waals surface area (Å²) in [6.07, 6.45) is 3.22. The number of aromatic nitrogens is 2. The van der Waals surface area contributed by atoms with Crippen molar-refractivity contribution in [1.29, 1.82) is 0 Å². The Labute approximate surface area is 119 Å². The van der Waals surface area contributed by atoms with Crippen LogP contribution in [0.3, 0.4) is 0 Å². The van der Waals surface area contributed by atoms with E-state index < -0.39 is 0 Å². The number of aryl methyl sites for hydroxylation is 2. The standard InChI is InChI=1S/C15H23N3S/c1-5-13-6-7-19-14(13)8-16-15-17-12(4)10-18(15)9-11(2)3/h6-7,10-11H,5,8-9H2,1-4H3,(H,16,17). The van der Waals surface area contributed by atoms with Gasteiger partial charge < -0.3 is 9.88 Å². The maximum atomic E-state index is 4.58. The smallest absolute Gasteiger partial charge is 0.203 e. The second kappa shape index (κ2) is 6.24. The molecule has 0 radical (unpaired) electrons. The molecule has 0 aliphatic rings. The Balaban J connectivity index is 2.06. The fraction of sp³-hybridized carbons (Fsp3) is 0.533. The first-order chi connectivity index (χ1) is 9.10. The van der Waals surface area contributed by atoms with Gasteiger partial charge in [-0.05, 0) is 36.3 Å². The lowest BCUT2D eigenvalue weighted by atomic mass is 10.2. The van der Waals surface area contributed by atoms with Crippen LogP contribution >= 0.6 is 11.3 Å². The Morgan fingerprint density at radius 3 is 2.89 bits per heavy atom. The second-order valence-electron chi connectivity index (χ2n) is 5.33. The highest BCUT2D eigenvalue weighted by Crippen LogP contribution is 2.19. The number of thiophene rings is 1. The van der Waals surface area contributed by atoms with Crippen LogP contribution in [-0.2, 0) is 19.5 Å². The van der Waals surface area contributed by atoms with Crippen molar-refractivity contribution in [2.75, 3.05) is 5.32 Å². The van der Waals surface area contributed by atoms with E-state index in [-0.39, 0.29) is 0 Å². The minimum Gasteiger partial charge on any atom is -0.351 e. The molecule has 19 heavy (non-hydrogen) atoms. The van der Waals surface area contributed by atoms with Gasteiger partial charge >= 0.3 is 0 Å². The SMILES string of the molecule is CCc1ccsc1CNc1nc(C)cn1CC(C)C. The Bertz CT molecular complexity index is 525. The van der Waals surface area contributed by atoms with E-state index in [2.05, 4.69) is 53.3 Å². The molecule has 3 nitrogen and oxygen atoms in total. The van der Waals surface area contributed by atoms with E-state index in [1.807, 2.05) is 18.3 Å². The number of imidazole rings is 1. The summed E-state index contributed by atoms with van der Waals surface area (Å²) in [5.41, 5.74) is 2.52. The summed E-state index contributed by atoms with van der Waals surface area (Å²) in [5.74, 6) is 1.61. The average Bonchev–Trinajstić information content (AvgIpc) is 2.92. The molecule has 2 heterocycles. The van der Waals surface area contributed by atoms with Crippen molar-refractivity contribution in [3.05, 3.63) is 33.8 Å². The van der Waals surface area contributed by atoms with E-state index in [0.29, 0.717) is 5.92 Å². The van der Waals surface area contributed by atoms with E-state index in [1.165, 1.54) is 10.4 Å². The lowest BCUT2D eigenvalue weighted by molar-refractivity contribution is 0.526. The van der Waals surface area contributed by atoms with Crippen LogP contribution < -0.4 is 5.32 Å². The van der Waals surface area contributed by atoms with Gasteiger partial charge in [0.2, 0.25) is 5.95 Å². The van der Waals surface area contributed by atoms with Crippen LogP contribution in [0.4, 0.5) is 5.95 Å². The average molecular weight is 277 g/mol. The maximum absolute atomic E-state index is 4.58. The molecule has 0 aliphatic heterocycles. The molecule has 0 saturated carbocycles. The molecule has 0 atom stereocenters. The predicted octanol–water partition coefficient (Wildman–Crippen LogP) is 4.08. The van der Waals surface area contributed by atoms with E-state index in [9.17, 15) is 0 Å². The minimum atomic E-state index is 0.627. The second-order valence-corrected chi connectivity index (χ2v) is 6.33. The van der Waals surface area contributed by atoms with Crippen LogP contribution in [0.1, 0.15) is 36.9 Å². The molecule has 2 aromatic heterocycles. The van der Waals surface area contributed by atoms with Gasteiger partial charge in [-0.3, -0.25) is 0 Å². The van der Waals surface area contributed by atoms with E-state index in [0.717, 1.165) is 31.2 Å². The summed E-state index contributed by atoms with van der Waals surface area (Å²) < 4.78 is 2.22.